The molecular formula is C25H20N2O2S2. The van der Waals surface area contributed by atoms with Crippen molar-refractivity contribution < 1.29 is 4.74 Å². The van der Waals surface area contributed by atoms with Crippen molar-refractivity contribution in [3.8, 4) is 16.2 Å². The highest BCUT2D eigenvalue weighted by atomic mass is 32.1. The first-order valence-corrected chi connectivity index (χ1v) is 11.2. The average Bonchev–Trinajstić information content (AvgIpc) is 3.14. The first-order valence-electron chi connectivity index (χ1n) is 9.95. The SMILES string of the molecule is COc1ccccc1-c1sc(=S)n2c3ccccc3c(=O)n(Cc3ccccc3C)c12. The molecule has 0 spiro atoms. The molecule has 2 aromatic heterocycles. The van der Waals surface area contributed by atoms with Gasteiger partial charge in [-0.2, -0.15) is 0 Å². The van der Waals surface area contributed by atoms with Crippen LogP contribution in [0.4, 0.5) is 0 Å². The van der Waals surface area contributed by atoms with E-state index in [9.17, 15) is 4.79 Å². The number of rotatable bonds is 4. The lowest BCUT2D eigenvalue weighted by Gasteiger charge is -2.15. The monoisotopic (exact) mass is 444 g/mol. The zero-order chi connectivity index (χ0) is 21.5. The molecule has 0 fully saturated rings. The second kappa shape index (κ2) is 7.80. The highest BCUT2D eigenvalue weighted by Crippen LogP contribution is 2.38. The minimum absolute atomic E-state index is 0.0252. The number of aryl methyl sites for hydroxylation is 1. The number of benzene rings is 3. The Morgan fingerprint density at radius 2 is 1.68 bits per heavy atom. The predicted octanol–water partition coefficient (Wildman–Crippen LogP) is 6.08. The van der Waals surface area contributed by atoms with Gasteiger partial charge in [0.05, 0.1) is 29.4 Å². The van der Waals surface area contributed by atoms with Crippen LogP contribution in [0.3, 0.4) is 0 Å². The van der Waals surface area contributed by atoms with Crippen molar-refractivity contribution in [1.29, 1.82) is 0 Å². The van der Waals surface area contributed by atoms with Crippen LogP contribution in [0.15, 0.2) is 77.6 Å². The Bertz CT molecular complexity index is 1560. The van der Waals surface area contributed by atoms with Gasteiger partial charge in [-0.1, -0.05) is 48.5 Å². The van der Waals surface area contributed by atoms with E-state index in [-0.39, 0.29) is 5.56 Å². The summed E-state index contributed by atoms with van der Waals surface area (Å²) in [5, 5.41) is 0.657. The molecule has 0 saturated heterocycles. The fourth-order valence-electron chi connectivity index (χ4n) is 4.03. The molecule has 0 aliphatic carbocycles. The minimum atomic E-state index is -0.0252. The number of hydrogen-bond acceptors (Lipinski definition) is 4. The standard InChI is InChI=1S/C25H20N2O2S2/c1-16-9-3-4-10-17(16)15-26-23-22(19-12-6-8-14-21(19)29-2)31-25(30)27(23)20-13-7-5-11-18(20)24(26)28/h3-14H,15H2,1-2H3. The molecule has 5 rings (SSSR count). The number of nitrogens with zero attached hydrogens (tertiary/aromatic N) is 2. The van der Waals surface area contributed by atoms with Gasteiger partial charge in [0.1, 0.15) is 11.4 Å². The van der Waals surface area contributed by atoms with Crippen LogP contribution in [0.1, 0.15) is 11.1 Å². The molecule has 154 valence electrons. The fraction of sp³-hybridized carbons (Fsp3) is 0.120. The first-order chi connectivity index (χ1) is 15.1. The van der Waals surface area contributed by atoms with Crippen molar-refractivity contribution in [2.24, 2.45) is 0 Å². The summed E-state index contributed by atoms with van der Waals surface area (Å²) >= 11 is 7.30. The molecule has 0 atom stereocenters. The van der Waals surface area contributed by atoms with E-state index < -0.39 is 0 Å². The lowest BCUT2D eigenvalue weighted by Crippen LogP contribution is -2.24. The van der Waals surface area contributed by atoms with Crippen molar-refractivity contribution in [1.82, 2.24) is 8.97 Å². The molecule has 0 N–H and O–H groups in total. The molecule has 0 aliphatic heterocycles. The first kappa shape index (κ1) is 19.7. The van der Waals surface area contributed by atoms with Gasteiger partial charge in [-0.25, -0.2) is 0 Å². The zero-order valence-electron chi connectivity index (χ0n) is 17.2. The second-order valence-corrected chi connectivity index (χ2v) is 9.04. The van der Waals surface area contributed by atoms with Crippen LogP contribution in [0, 0.1) is 10.9 Å². The third-order valence-corrected chi connectivity index (χ3v) is 7.00. The van der Waals surface area contributed by atoms with Gasteiger partial charge in [-0.3, -0.25) is 13.8 Å². The van der Waals surface area contributed by atoms with E-state index >= 15 is 0 Å². The molecule has 0 saturated carbocycles. The zero-order valence-corrected chi connectivity index (χ0v) is 18.8. The molecule has 0 aliphatic rings. The molecule has 2 heterocycles. The van der Waals surface area contributed by atoms with Gasteiger partial charge < -0.3 is 4.74 Å². The number of hydrogen-bond donors (Lipinski definition) is 0. The van der Waals surface area contributed by atoms with E-state index in [2.05, 4.69) is 19.1 Å². The molecule has 5 aromatic rings. The number of aromatic nitrogens is 2. The number of methoxy groups -OCH3 is 1. The summed E-state index contributed by atoms with van der Waals surface area (Å²) < 4.78 is 10.2. The van der Waals surface area contributed by atoms with Crippen LogP contribution >= 0.6 is 23.6 Å². The summed E-state index contributed by atoms with van der Waals surface area (Å²) in [6.45, 7) is 2.53. The van der Waals surface area contributed by atoms with Gasteiger partial charge in [-0.05, 0) is 54.5 Å². The number of para-hydroxylation sites is 2. The van der Waals surface area contributed by atoms with Gasteiger partial charge in [0.25, 0.3) is 5.56 Å². The number of fused-ring (bicyclic) bond motifs is 3. The molecule has 0 bridgehead atoms. The third kappa shape index (κ3) is 3.19. The quantitative estimate of drug-likeness (QED) is 0.315. The largest absolute Gasteiger partial charge is 0.496 e. The van der Waals surface area contributed by atoms with E-state index in [1.807, 2.05) is 69.6 Å². The Balaban J connectivity index is 1.94. The Morgan fingerprint density at radius 3 is 2.48 bits per heavy atom. The number of thiazole rings is 1. The third-order valence-electron chi connectivity index (χ3n) is 5.60. The molecule has 4 nitrogen and oxygen atoms in total. The van der Waals surface area contributed by atoms with Gasteiger partial charge in [0.2, 0.25) is 0 Å². The van der Waals surface area contributed by atoms with E-state index in [1.165, 1.54) is 11.3 Å². The minimum Gasteiger partial charge on any atom is -0.496 e. The van der Waals surface area contributed by atoms with Crippen molar-refractivity contribution in [3.05, 3.63) is 98.2 Å². The maximum absolute atomic E-state index is 13.7. The highest BCUT2D eigenvalue weighted by molar-refractivity contribution is 7.73. The molecule has 6 heteroatoms. The predicted molar refractivity (Wildman–Crippen MR) is 130 cm³/mol. The van der Waals surface area contributed by atoms with Gasteiger partial charge >= 0.3 is 0 Å². The van der Waals surface area contributed by atoms with Gasteiger partial charge in [0, 0.05) is 5.56 Å². The summed E-state index contributed by atoms with van der Waals surface area (Å²) in [6.07, 6.45) is 0. The fourth-order valence-corrected chi connectivity index (χ4v) is 5.48. The van der Waals surface area contributed by atoms with Crippen molar-refractivity contribution in [2.75, 3.05) is 7.11 Å². The average molecular weight is 445 g/mol. The Labute approximate surface area is 188 Å². The maximum Gasteiger partial charge on any atom is 0.261 e. The second-order valence-electron chi connectivity index (χ2n) is 7.39. The van der Waals surface area contributed by atoms with Crippen LogP contribution in [0.5, 0.6) is 5.75 Å². The van der Waals surface area contributed by atoms with Crippen LogP contribution < -0.4 is 10.3 Å². The molecular weight excluding hydrogens is 424 g/mol. The Morgan fingerprint density at radius 1 is 0.968 bits per heavy atom. The van der Waals surface area contributed by atoms with Crippen molar-refractivity contribution in [2.45, 2.75) is 13.5 Å². The normalized spacial score (nSPS) is 11.3. The van der Waals surface area contributed by atoms with E-state index in [4.69, 9.17) is 17.0 Å². The Kier molecular flexibility index (Phi) is 4.96. The topological polar surface area (TPSA) is 35.6 Å². The van der Waals surface area contributed by atoms with Crippen molar-refractivity contribution in [3.63, 3.8) is 0 Å². The lowest BCUT2D eigenvalue weighted by molar-refractivity contribution is 0.416. The van der Waals surface area contributed by atoms with E-state index in [0.29, 0.717) is 15.9 Å². The Hall–Kier alpha value is -3.22. The molecule has 0 amide bonds. The maximum atomic E-state index is 13.7. The molecule has 0 unspecified atom stereocenters. The molecule has 3 aromatic carbocycles. The summed E-state index contributed by atoms with van der Waals surface area (Å²) in [5.74, 6) is 0.754. The van der Waals surface area contributed by atoms with Crippen molar-refractivity contribution >= 4 is 40.1 Å². The number of ether oxygens (including phenoxy) is 1. The molecule has 31 heavy (non-hydrogen) atoms. The highest BCUT2D eigenvalue weighted by Gasteiger charge is 2.20. The van der Waals surface area contributed by atoms with Gasteiger partial charge in [-0.15, -0.1) is 11.3 Å². The summed E-state index contributed by atoms with van der Waals surface area (Å²) in [4.78, 5) is 14.6. The van der Waals surface area contributed by atoms with E-state index in [1.54, 1.807) is 7.11 Å². The van der Waals surface area contributed by atoms with Crippen LogP contribution in [-0.2, 0) is 6.54 Å². The van der Waals surface area contributed by atoms with E-state index in [0.717, 1.165) is 38.5 Å². The summed E-state index contributed by atoms with van der Waals surface area (Å²) in [7, 11) is 1.66. The summed E-state index contributed by atoms with van der Waals surface area (Å²) in [5.41, 5.74) is 4.77. The van der Waals surface area contributed by atoms with Crippen LogP contribution in [0.25, 0.3) is 27.0 Å². The molecule has 0 radical (unpaired) electrons. The van der Waals surface area contributed by atoms with Gasteiger partial charge in [0.15, 0.2) is 3.95 Å². The van der Waals surface area contributed by atoms with Crippen LogP contribution in [0.2, 0.25) is 0 Å². The van der Waals surface area contributed by atoms with Crippen LogP contribution in [-0.4, -0.2) is 16.1 Å². The smallest absolute Gasteiger partial charge is 0.261 e. The summed E-state index contributed by atoms with van der Waals surface area (Å²) in [6, 6.07) is 23.7. The lowest BCUT2D eigenvalue weighted by atomic mass is 10.1.